The van der Waals surface area contributed by atoms with E-state index in [0.717, 1.165) is 0 Å². The van der Waals surface area contributed by atoms with Gasteiger partial charge in [0.05, 0.1) is 63.4 Å². The van der Waals surface area contributed by atoms with Crippen molar-refractivity contribution < 1.29 is 32.1 Å². The molecule has 0 aliphatic heterocycles. The summed E-state index contributed by atoms with van der Waals surface area (Å²) in [6.45, 7) is 0.233. The van der Waals surface area contributed by atoms with Crippen molar-refractivity contribution in [3.8, 4) is 0 Å². The van der Waals surface area contributed by atoms with Crippen LogP contribution in [0.2, 0.25) is 0 Å². The van der Waals surface area contributed by atoms with Gasteiger partial charge in [-0.05, 0) is 0 Å². The van der Waals surface area contributed by atoms with Crippen molar-refractivity contribution in [2.24, 2.45) is 0 Å². The van der Waals surface area contributed by atoms with Gasteiger partial charge in [0, 0.05) is 0 Å². The van der Waals surface area contributed by atoms with E-state index in [1.54, 1.807) is 42.3 Å². The quantitative estimate of drug-likeness (QED) is 0.304. The van der Waals surface area contributed by atoms with Gasteiger partial charge in [0.25, 0.3) is 0 Å². The summed E-state index contributed by atoms with van der Waals surface area (Å²) < 4.78 is 29.4. The van der Waals surface area contributed by atoms with Crippen molar-refractivity contribution in [2.45, 2.75) is 0 Å². The standard InChI is InChI=1S/C10H29N3O4P/c1-11(2,3)10-15-18(14,16-12(4,5)6)17-13(7,8)9/h10H2,1-9H3/q+3. The highest BCUT2D eigenvalue weighted by molar-refractivity contribution is 7.48. The number of rotatable bonds is 7. The third-order valence-electron chi connectivity index (χ3n) is 1.29. The molecule has 0 aliphatic carbocycles. The number of phosphoric acid groups is 1. The van der Waals surface area contributed by atoms with E-state index in [2.05, 4.69) is 0 Å². The average molecular weight is 286 g/mol. The molecule has 8 heteroatoms. The fraction of sp³-hybridized carbons (Fsp3) is 1.00. The Balaban J connectivity index is 4.88. The van der Waals surface area contributed by atoms with Gasteiger partial charge < -0.3 is 4.48 Å². The first kappa shape index (κ1) is 18.0. The van der Waals surface area contributed by atoms with Crippen LogP contribution in [0.3, 0.4) is 0 Å². The summed E-state index contributed by atoms with van der Waals surface area (Å²) in [6, 6.07) is 0. The number of hydrogen-bond acceptors (Lipinski definition) is 4. The van der Waals surface area contributed by atoms with Crippen LogP contribution in [0.1, 0.15) is 0 Å². The zero-order chi connectivity index (χ0) is 14.8. The summed E-state index contributed by atoms with van der Waals surface area (Å²) in [6.07, 6.45) is 0. The van der Waals surface area contributed by atoms with Crippen molar-refractivity contribution in [3.63, 3.8) is 0 Å². The van der Waals surface area contributed by atoms with Crippen LogP contribution in [0.15, 0.2) is 0 Å². The number of hydrogen-bond donors (Lipinski definition) is 0. The molecule has 0 amide bonds. The van der Waals surface area contributed by atoms with Crippen LogP contribution in [0, 0.1) is 0 Å². The Labute approximate surface area is 111 Å². The lowest BCUT2D eigenvalue weighted by Crippen LogP contribution is -2.41. The van der Waals surface area contributed by atoms with Crippen molar-refractivity contribution >= 4 is 7.82 Å². The molecule has 0 rings (SSSR count). The largest absolute Gasteiger partial charge is 0.571 e. The van der Waals surface area contributed by atoms with Gasteiger partial charge in [-0.2, -0.15) is 9.29 Å². The number of quaternary nitrogens is 3. The van der Waals surface area contributed by atoms with Gasteiger partial charge >= 0.3 is 7.82 Å². The highest BCUT2D eigenvalue weighted by Crippen LogP contribution is 2.52. The lowest BCUT2D eigenvalue weighted by atomic mass is 10.7. The molecule has 0 aromatic carbocycles. The van der Waals surface area contributed by atoms with Crippen LogP contribution in [-0.4, -0.2) is 83.9 Å². The summed E-state index contributed by atoms with van der Waals surface area (Å²) in [5, 5.41) is 0. The highest BCUT2D eigenvalue weighted by atomic mass is 31.2. The van der Waals surface area contributed by atoms with Gasteiger partial charge in [-0.25, -0.2) is 9.09 Å². The molecule has 0 bridgehead atoms. The van der Waals surface area contributed by atoms with E-state index in [1.165, 1.54) is 0 Å². The van der Waals surface area contributed by atoms with E-state index in [0.29, 0.717) is 4.48 Å². The Bertz CT molecular complexity index is 295. The monoisotopic (exact) mass is 286 g/mol. The molecule has 7 nitrogen and oxygen atoms in total. The molecule has 0 heterocycles. The molecule has 0 fully saturated rings. The Morgan fingerprint density at radius 2 is 1.11 bits per heavy atom. The average Bonchev–Trinajstić information content (AvgIpc) is 1.91. The molecule has 0 unspecified atom stereocenters. The normalized spacial score (nSPS) is 14.9. The van der Waals surface area contributed by atoms with Crippen LogP contribution < -0.4 is 0 Å². The SMILES string of the molecule is C[N+](C)(C)COP(=O)(O[N+](C)(C)C)O[N+](C)(C)C. The number of nitrogens with zero attached hydrogens (tertiary/aromatic N) is 3. The lowest BCUT2D eigenvalue weighted by molar-refractivity contribution is -1.06. The molecule has 18 heavy (non-hydrogen) atoms. The smallest absolute Gasteiger partial charge is 0.308 e. The maximum atomic E-state index is 12.6. The van der Waals surface area contributed by atoms with E-state index < -0.39 is 7.82 Å². The lowest BCUT2D eigenvalue weighted by Gasteiger charge is -2.31. The minimum absolute atomic E-state index is 0.0361. The zero-order valence-electron chi connectivity index (χ0n) is 13.1. The van der Waals surface area contributed by atoms with Gasteiger partial charge in [-0.3, -0.25) is 0 Å². The molecule has 0 radical (unpaired) electrons. The summed E-state index contributed by atoms with van der Waals surface area (Å²) in [5.41, 5.74) is 0. The second kappa shape index (κ2) is 5.54. The second-order valence-electron chi connectivity index (χ2n) is 6.94. The van der Waals surface area contributed by atoms with Gasteiger partial charge in [0.15, 0.2) is 6.73 Å². The molecule has 0 aliphatic rings. The van der Waals surface area contributed by atoms with E-state index >= 15 is 0 Å². The Kier molecular flexibility index (Phi) is 5.54. The van der Waals surface area contributed by atoms with E-state index in [1.807, 2.05) is 21.1 Å². The van der Waals surface area contributed by atoms with E-state index in [-0.39, 0.29) is 16.0 Å². The summed E-state index contributed by atoms with van der Waals surface area (Å²) in [5.74, 6) is 0. The second-order valence-corrected chi connectivity index (χ2v) is 8.42. The van der Waals surface area contributed by atoms with Crippen LogP contribution >= 0.6 is 7.82 Å². The first-order chi connectivity index (χ1) is 7.62. The molecule has 0 spiro atoms. The molecule has 0 saturated heterocycles. The van der Waals surface area contributed by atoms with Crippen LogP contribution in [0.25, 0.3) is 0 Å². The van der Waals surface area contributed by atoms with Gasteiger partial charge in [0.2, 0.25) is 0 Å². The fourth-order valence-corrected chi connectivity index (χ4v) is 2.72. The Hall–Kier alpha value is -0.0100. The third-order valence-corrected chi connectivity index (χ3v) is 3.10. The van der Waals surface area contributed by atoms with Crippen LogP contribution in [0.4, 0.5) is 0 Å². The first-order valence-corrected chi connectivity index (χ1v) is 7.19. The van der Waals surface area contributed by atoms with Crippen molar-refractivity contribution in [1.29, 1.82) is 0 Å². The first-order valence-electron chi connectivity index (χ1n) is 5.73. The summed E-state index contributed by atoms with van der Waals surface area (Å²) in [7, 11) is 12.7. The maximum Gasteiger partial charge on any atom is 0.571 e. The van der Waals surface area contributed by atoms with E-state index in [9.17, 15) is 4.57 Å². The fourth-order valence-electron chi connectivity index (χ4n) is 0.906. The molecular weight excluding hydrogens is 257 g/mol. The predicted molar refractivity (Wildman–Crippen MR) is 69.8 cm³/mol. The Morgan fingerprint density at radius 1 is 0.778 bits per heavy atom. The molecule has 0 aromatic rings. The van der Waals surface area contributed by atoms with Gasteiger partial charge in [-0.15, -0.1) is 0 Å². The van der Waals surface area contributed by atoms with E-state index in [4.69, 9.17) is 13.8 Å². The minimum atomic E-state index is -3.63. The molecule has 0 N–H and O–H groups in total. The van der Waals surface area contributed by atoms with Crippen molar-refractivity contribution in [1.82, 2.24) is 0 Å². The molecule has 0 saturated carbocycles. The van der Waals surface area contributed by atoms with Crippen molar-refractivity contribution in [2.75, 3.05) is 70.2 Å². The predicted octanol–water partition coefficient (Wildman–Crippen LogP) is 1.05. The summed E-state index contributed by atoms with van der Waals surface area (Å²) >= 11 is 0. The van der Waals surface area contributed by atoms with Gasteiger partial charge in [-0.1, -0.05) is 9.25 Å². The molecule has 110 valence electrons. The Morgan fingerprint density at radius 3 is 1.33 bits per heavy atom. The number of hydroxylamine groups is 6. The maximum absolute atomic E-state index is 12.6. The van der Waals surface area contributed by atoms with Crippen LogP contribution in [0.5, 0.6) is 0 Å². The third kappa shape index (κ3) is 9.96. The minimum Gasteiger partial charge on any atom is -0.308 e. The molecule has 0 atom stereocenters. The topological polar surface area (TPSA) is 44.8 Å². The van der Waals surface area contributed by atoms with Crippen molar-refractivity contribution in [3.05, 3.63) is 0 Å². The van der Waals surface area contributed by atoms with Gasteiger partial charge in [0.1, 0.15) is 0 Å². The molecular formula is C10H29N3O4P+3. The van der Waals surface area contributed by atoms with Crippen LogP contribution in [-0.2, 0) is 18.3 Å². The summed E-state index contributed by atoms with van der Waals surface area (Å²) in [4.78, 5) is 0. The molecule has 0 aromatic heterocycles. The highest BCUT2D eigenvalue weighted by Gasteiger charge is 2.43. The zero-order valence-corrected chi connectivity index (χ0v) is 14.0.